The molecule has 0 saturated heterocycles. The van der Waals surface area contributed by atoms with Crippen LogP contribution in [0.5, 0.6) is 0 Å². The maximum absolute atomic E-state index is 13.1. The van der Waals surface area contributed by atoms with Crippen molar-refractivity contribution in [1.29, 1.82) is 0 Å². The van der Waals surface area contributed by atoms with Crippen molar-refractivity contribution in [2.75, 3.05) is 13.6 Å². The minimum atomic E-state index is -0.988. The van der Waals surface area contributed by atoms with Crippen LogP contribution < -0.4 is 0 Å². The van der Waals surface area contributed by atoms with Crippen LogP contribution in [0.1, 0.15) is 12.3 Å². The zero-order valence-corrected chi connectivity index (χ0v) is 12.4. The highest BCUT2D eigenvalue weighted by Gasteiger charge is 2.13. The topological polar surface area (TPSA) is 79.5 Å². The molecule has 0 spiro atoms. The van der Waals surface area contributed by atoms with E-state index in [4.69, 9.17) is 9.63 Å². The molecule has 0 fully saturated rings. The van der Waals surface area contributed by atoms with Gasteiger partial charge in [0, 0.05) is 12.1 Å². The number of benzene rings is 1. The fourth-order valence-corrected chi connectivity index (χ4v) is 1.67. The normalized spacial score (nSPS) is 10.5. The first-order valence-corrected chi connectivity index (χ1v) is 6.14. The molecule has 2 aromatic rings. The van der Waals surface area contributed by atoms with Crippen LogP contribution in [-0.2, 0) is 11.3 Å². The van der Waals surface area contributed by atoms with Gasteiger partial charge in [-0.3, -0.25) is 9.69 Å². The number of carboxylic acids is 1. The first kappa shape index (κ1) is 18.0. The van der Waals surface area contributed by atoms with Gasteiger partial charge in [0.05, 0.1) is 13.0 Å². The van der Waals surface area contributed by atoms with Gasteiger partial charge in [-0.15, -0.1) is 12.4 Å². The second-order valence-electron chi connectivity index (χ2n) is 4.52. The minimum Gasteiger partial charge on any atom is -0.481 e. The third-order valence-electron chi connectivity index (χ3n) is 2.76. The van der Waals surface area contributed by atoms with Crippen molar-refractivity contribution in [1.82, 2.24) is 15.0 Å². The van der Waals surface area contributed by atoms with E-state index >= 15 is 0 Å². The maximum Gasteiger partial charge on any atom is 0.304 e. The lowest BCUT2D eigenvalue weighted by Gasteiger charge is -2.11. The molecule has 0 aliphatic carbocycles. The molecule has 1 N–H and O–H groups in total. The summed E-state index contributed by atoms with van der Waals surface area (Å²) >= 11 is 0. The van der Waals surface area contributed by atoms with Gasteiger partial charge in [-0.05, 0) is 25.2 Å². The van der Waals surface area contributed by atoms with Crippen LogP contribution >= 0.6 is 12.4 Å². The van der Waals surface area contributed by atoms with Gasteiger partial charge in [0.25, 0.3) is 0 Å². The van der Waals surface area contributed by atoms with Crippen LogP contribution in [0.25, 0.3) is 11.4 Å². The third kappa shape index (κ3) is 4.74. The van der Waals surface area contributed by atoms with Gasteiger partial charge in [-0.25, -0.2) is 8.78 Å². The number of aromatic nitrogens is 2. The largest absolute Gasteiger partial charge is 0.481 e. The monoisotopic (exact) mass is 333 g/mol. The molecule has 0 radical (unpaired) electrons. The first-order valence-electron chi connectivity index (χ1n) is 6.14. The fraction of sp³-hybridized carbons (Fsp3) is 0.308. The van der Waals surface area contributed by atoms with Gasteiger partial charge in [-0.1, -0.05) is 5.16 Å². The van der Waals surface area contributed by atoms with Crippen LogP contribution in [0.15, 0.2) is 22.7 Å². The summed E-state index contributed by atoms with van der Waals surface area (Å²) in [5, 5.41) is 12.3. The van der Waals surface area contributed by atoms with E-state index in [0.717, 1.165) is 12.1 Å². The van der Waals surface area contributed by atoms with Crippen LogP contribution in [0, 0.1) is 11.6 Å². The molecule has 2 rings (SSSR count). The molecular formula is C13H14ClF2N3O3. The van der Waals surface area contributed by atoms with Gasteiger partial charge >= 0.3 is 5.97 Å². The van der Waals surface area contributed by atoms with Gasteiger partial charge in [0.1, 0.15) is 0 Å². The number of nitrogens with zero attached hydrogens (tertiary/aromatic N) is 3. The van der Waals surface area contributed by atoms with Crippen molar-refractivity contribution in [2.45, 2.75) is 13.0 Å². The highest BCUT2D eigenvalue weighted by atomic mass is 35.5. The number of halogens is 3. The Hall–Kier alpha value is -2.06. The van der Waals surface area contributed by atoms with Crippen LogP contribution in [0.4, 0.5) is 8.78 Å². The average molecular weight is 334 g/mol. The fourth-order valence-electron chi connectivity index (χ4n) is 1.67. The SMILES string of the molecule is CN(CCC(=O)O)Cc1nc(-c2ccc(F)c(F)c2)no1.Cl. The molecular weight excluding hydrogens is 320 g/mol. The Bertz CT molecular complexity index is 651. The quantitative estimate of drug-likeness (QED) is 0.874. The smallest absolute Gasteiger partial charge is 0.304 e. The molecule has 9 heteroatoms. The van der Waals surface area contributed by atoms with E-state index in [2.05, 4.69) is 10.1 Å². The van der Waals surface area contributed by atoms with E-state index in [-0.39, 0.29) is 37.1 Å². The number of rotatable bonds is 6. The predicted octanol–water partition coefficient (Wildman–Crippen LogP) is 2.34. The number of aliphatic carboxylic acids is 1. The number of hydrogen-bond acceptors (Lipinski definition) is 5. The van der Waals surface area contributed by atoms with Crippen molar-refractivity contribution in [3.8, 4) is 11.4 Å². The second kappa shape index (κ2) is 7.81. The molecule has 1 heterocycles. The van der Waals surface area contributed by atoms with E-state index < -0.39 is 17.6 Å². The Labute approximate surface area is 131 Å². The Balaban J connectivity index is 0.00000242. The Morgan fingerprint density at radius 2 is 2.09 bits per heavy atom. The van der Waals surface area contributed by atoms with E-state index in [9.17, 15) is 13.6 Å². The van der Waals surface area contributed by atoms with Crippen LogP contribution in [-0.4, -0.2) is 39.7 Å². The van der Waals surface area contributed by atoms with Crippen molar-refractivity contribution in [3.63, 3.8) is 0 Å². The Kier molecular flexibility index (Phi) is 6.39. The maximum atomic E-state index is 13.1. The van der Waals surface area contributed by atoms with Crippen molar-refractivity contribution in [2.24, 2.45) is 0 Å². The molecule has 6 nitrogen and oxygen atoms in total. The average Bonchev–Trinajstić information content (AvgIpc) is 2.88. The molecule has 22 heavy (non-hydrogen) atoms. The van der Waals surface area contributed by atoms with E-state index in [0.29, 0.717) is 12.1 Å². The molecule has 0 atom stereocenters. The molecule has 0 bridgehead atoms. The van der Waals surface area contributed by atoms with Crippen molar-refractivity contribution in [3.05, 3.63) is 35.7 Å². The Morgan fingerprint density at radius 1 is 1.36 bits per heavy atom. The molecule has 1 aromatic carbocycles. The van der Waals surface area contributed by atoms with Crippen LogP contribution in [0.3, 0.4) is 0 Å². The standard InChI is InChI=1S/C13H13F2N3O3.ClH/c1-18(5-4-12(19)20)7-11-16-13(17-21-11)8-2-3-9(14)10(15)6-8;/h2-3,6H,4-5,7H2,1H3,(H,19,20);1H. The molecule has 0 unspecified atom stereocenters. The number of hydrogen-bond donors (Lipinski definition) is 1. The van der Waals surface area contributed by atoms with Gasteiger partial charge in [0.2, 0.25) is 11.7 Å². The van der Waals surface area contributed by atoms with Gasteiger partial charge in [0.15, 0.2) is 11.6 Å². The molecule has 120 valence electrons. The van der Waals surface area contributed by atoms with E-state index in [1.807, 2.05) is 0 Å². The van der Waals surface area contributed by atoms with Gasteiger partial charge < -0.3 is 9.63 Å². The summed E-state index contributed by atoms with van der Waals surface area (Å²) in [4.78, 5) is 16.2. The highest BCUT2D eigenvalue weighted by Crippen LogP contribution is 2.19. The van der Waals surface area contributed by atoms with E-state index in [1.54, 1.807) is 11.9 Å². The lowest BCUT2D eigenvalue weighted by atomic mass is 10.2. The number of carboxylic acid groups (broad SMARTS) is 1. The first-order chi connectivity index (χ1) is 9.95. The zero-order chi connectivity index (χ0) is 15.4. The van der Waals surface area contributed by atoms with Crippen molar-refractivity contribution < 1.29 is 23.2 Å². The zero-order valence-electron chi connectivity index (χ0n) is 11.6. The molecule has 1 aromatic heterocycles. The minimum absolute atomic E-state index is 0. The molecule has 0 aliphatic heterocycles. The third-order valence-corrected chi connectivity index (χ3v) is 2.76. The molecule has 0 saturated carbocycles. The highest BCUT2D eigenvalue weighted by molar-refractivity contribution is 5.85. The summed E-state index contributed by atoms with van der Waals surface area (Å²) < 4.78 is 31.0. The van der Waals surface area contributed by atoms with Gasteiger partial charge in [-0.2, -0.15) is 4.98 Å². The Morgan fingerprint density at radius 3 is 2.73 bits per heavy atom. The lowest BCUT2D eigenvalue weighted by molar-refractivity contribution is -0.137. The summed E-state index contributed by atoms with van der Waals surface area (Å²) in [5.74, 6) is -2.42. The summed E-state index contributed by atoms with van der Waals surface area (Å²) in [6.45, 7) is 0.599. The molecule has 0 aliphatic rings. The lowest BCUT2D eigenvalue weighted by Crippen LogP contribution is -2.21. The van der Waals surface area contributed by atoms with Crippen molar-refractivity contribution >= 4 is 18.4 Å². The summed E-state index contributed by atoms with van der Waals surface area (Å²) in [6.07, 6.45) is 0.000662. The number of carbonyl (C=O) groups is 1. The summed E-state index contributed by atoms with van der Waals surface area (Å²) in [5.41, 5.74) is 0.303. The predicted molar refractivity (Wildman–Crippen MR) is 75.5 cm³/mol. The van der Waals surface area contributed by atoms with Crippen LogP contribution in [0.2, 0.25) is 0 Å². The second-order valence-corrected chi connectivity index (χ2v) is 4.52. The van der Waals surface area contributed by atoms with E-state index in [1.165, 1.54) is 6.07 Å². The molecule has 0 amide bonds. The summed E-state index contributed by atoms with van der Waals surface area (Å²) in [7, 11) is 1.71. The summed E-state index contributed by atoms with van der Waals surface area (Å²) in [6, 6.07) is 3.32.